The molecule has 0 aliphatic carbocycles. The molecule has 10 heavy (non-hydrogen) atoms. The van der Waals surface area contributed by atoms with Crippen molar-refractivity contribution < 1.29 is 9.21 Å². The predicted molar refractivity (Wildman–Crippen MR) is 35.5 cm³/mol. The third-order valence-electron chi connectivity index (χ3n) is 1.33. The molecule has 3 heteroatoms. The Balaban J connectivity index is 3.23. The molecule has 53 valence electrons. The molecule has 1 amide bonds. The first-order valence-corrected chi connectivity index (χ1v) is 2.90. The highest BCUT2D eigenvalue weighted by Gasteiger charge is 2.11. The summed E-state index contributed by atoms with van der Waals surface area (Å²) in [5.41, 5.74) is 6.16. The van der Waals surface area contributed by atoms with Gasteiger partial charge >= 0.3 is 0 Å². The summed E-state index contributed by atoms with van der Waals surface area (Å²) in [4.78, 5) is 10.6. The zero-order valence-corrected chi connectivity index (χ0v) is 5.89. The maximum atomic E-state index is 10.6. The second-order valence-electron chi connectivity index (χ2n) is 2.12. The summed E-state index contributed by atoms with van der Waals surface area (Å²) in [6.07, 6.45) is 2.54. The zero-order chi connectivity index (χ0) is 7.72. The number of hydrogen-bond donors (Lipinski definition) is 1. The second kappa shape index (κ2) is 2.17. The average Bonchev–Trinajstić information content (AvgIpc) is 2.11. The Morgan fingerprint density at radius 3 is 2.40 bits per heavy atom. The van der Waals surface area contributed by atoms with Gasteiger partial charge in [0.15, 0.2) is 6.26 Å². The van der Waals surface area contributed by atoms with Gasteiger partial charge in [-0.1, -0.05) is 0 Å². The van der Waals surface area contributed by atoms with Crippen LogP contribution in [0, 0.1) is 20.1 Å². The van der Waals surface area contributed by atoms with Crippen molar-refractivity contribution in [3.8, 4) is 0 Å². The number of nitrogens with two attached hydrogens (primary N) is 1. The lowest BCUT2D eigenvalue weighted by Gasteiger charge is -1.90. The topological polar surface area (TPSA) is 56.2 Å². The van der Waals surface area contributed by atoms with Crippen LogP contribution in [0.5, 0.6) is 0 Å². The molecule has 1 radical (unpaired) electrons. The van der Waals surface area contributed by atoms with E-state index in [-0.39, 0.29) is 0 Å². The van der Waals surface area contributed by atoms with Crippen LogP contribution in [0.4, 0.5) is 0 Å². The van der Waals surface area contributed by atoms with Crippen molar-refractivity contribution in [2.75, 3.05) is 0 Å². The van der Waals surface area contributed by atoms with Crippen molar-refractivity contribution in [1.82, 2.24) is 0 Å². The third kappa shape index (κ3) is 0.900. The van der Waals surface area contributed by atoms with E-state index in [2.05, 4.69) is 6.26 Å². The van der Waals surface area contributed by atoms with Crippen LogP contribution in [-0.4, -0.2) is 5.91 Å². The first-order chi connectivity index (χ1) is 4.63. The molecule has 1 aromatic heterocycles. The van der Waals surface area contributed by atoms with Gasteiger partial charge in [0.25, 0.3) is 5.91 Å². The van der Waals surface area contributed by atoms with Crippen molar-refractivity contribution in [1.29, 1.82) is 0 Å². The highest BCUT2D eigenvalue weighted by atomic mass is 16.3. The number of hydrogen-bond acceptors (Lipinski definition) is 2. The maximum Gasteiger partial charge on any atom is 0.252 e. The molecule has 0 saturated carbocycles. The molecule has 0 aliphatic heterocycles. The molecule has 0 saturated heterocycles. The Morgan fingerprint density at radius 1 is 1.60 bits per heavy atom. The minimum absolute atomic E-state index is 0.444. The van der Waals surface area contributed by atoms with E-state index < -0.39 is 5.91 Å². The van der Waals surface area contributed by atoms with Gasteiger partial charge in [0.1, 0.15) is 5.76 Å². The lowest BCUT2D eigenvalue weighted by Crippen LogP contribution is -2.12. The normalized spacial score (nSPS) is 9.80. The SMILES string of the molecule is Cc1[c]oc(C)c1C(N)=O. The number of furan rings is 1. The van der Waals surface area contributed by atoms with Gasteiger partial charge in [0.05, 0.1) is 5.56 Å². The van der Waals surface area contributed by atoms with Crippen LogP contribution in [0.2, 0.25) is 0 Å². The number of aryl methyl sites for hydroxylation is 2. The van der Waals surface area contributed by atoms with E-state index in [1.165, 1.54) is 0 Å². The fourth-order valence-corrected chi connectivity index (χ4v) is 0.877. The molecule has 0 aliphatic rings. The molecular formula is C7H8NO2. The Bertz CT molecular complexity index is 243. The largest absolute Gasteiger partial charge is 0.457 e. The summed E-state index contributed by atoms with van der Waals surface area (Å²) in [6, 6.07) is 0. The number of rotatable bonds is 1. The van der Waals surface area contributed by atoms with E-state index >= 15 is 0 Å². The molecule has 1 rings (SSSR count). The van der Waals surface area contributed by atoms with Gasteiger partial charge in [-0.25, -0.2) is 0 Å². The van der Waals surface area contributed by atoms with Crippen LogP contribution in [0.25, 0.3) is 0 Å². The van der Waals surface area contributed by atoms with Crippen LogP contribution in [0.3, 0.4) is 0 Å². The molecular weight excluding hydrogens is 130 g/mol. The van der Waals surface area contributed by atoms with Gasteiger partial charge < -0.3 is 10.2 Å². The number of amides is 1. The maximum absolute atomic E-state index is 10.6. The minimum atomic E-state index is -0.458. The third-order valence-corrected chi connectivity index (χ3v) is 1.33. The van der Waals surface area contributed by atoms with E-state index in [9.17, 15) is 4.79 Å². The van der Waals surface area contributed by atoms with E-state index in [0.717, 1.165) is 0 Å². The average molecular weight is 138 g/mol. The number of carbonyl (C=O) groups excluding carboxylic acids is 1. The van der Waals surface area contributed by atoms with Crippen LogP contribution in [0.1, 0.15) is 21.7 Å². The van der Waals surface area contributed by atoms with Crippen molar-refractivity contribution in [2.24, 2.45) is 5.73 Å². The fourth-order valence-electron chi connectivity index (χ4n) is 0.877. The van der Waals surface area contributed by atoms with Gasteiger partial charge in [-0.15, -0.1) is 0 Å². The van der Waals surface area contributed by atoms with Crippen LogP contribution in [0.15, 0.2) is 4.42 Å². The molecule has 1 heterocycles. The lowest BCUT2D eigenvalue weighted by molar-refractivity contribution is 0.0998. The first-order valence-electron chi connectivity index (χ1n) is 2.90. The molecule has 1 aromatic rings. The highest BCUT2D eigenvalue weighted by molar-refractivity contribution is 5.95. The quantitative estimate of drug-likeness (QED) is 0.623. The summed E-state index contributed by atoms with van der Waals surface area (Å²) >= 11 is 0. The first kappa shape index (κ1) is 6.86. The standard InChI is InChI=1S/C7H8NO2/c1-4-3-10-5(2)6(4)7(8)9/h1-2H3,(H2,8,9). The Labute approximate surface area is 58.8 Å². The molecule has 0 aromatic carbocycles. The number of carbonyl (C=O) groups is 1. The minimum Gasteiger partial charge on any atom is -0.457 e. The predicted octanol–water partition coefficient (Wildman–Crippen LogP) is 0.796. The highest BCUT2D eigenvalue weighted by Crippen LogP contribution is 2.12. The van der Waals surface area contributed by atoms with E-state index in [1.54, 1.807) is 13.8 Å². The van der Waals surface area contributed by atoms with Crippen molar-refractivity contribution >= 4 is 5.91 Å². The summed E-state index contributed by atoms with van der Waals surface area (Å²) in [5.74, 6) is 0.0741. The van der Waals surface area contributed by atoms with Crippen LogP contribution in [-0.2, 0) is 0 Å². The van der Waals surface area contributed by atoms with Crippen molar-refractivity contribution in [3.05, 3.63) is 23.2 Å². The number of primary amides is 1. The summed E-state index contributed by atoms with van der Waals surface area (Å²) < 4.78 is 4.83. The second-order valence-corrected chi connectivity index (χ2v) is 2.12. The smallest absolute Gasteiger partial charge is 0.252 e. The van der Waals surface area contributed by atoms with E-state index in [1.807, 2.05) is 0 Å². The summed E-state index contributed by atoms with van der Waals surface area (Å²) in [6.45, 7) is 3.42. The molecule has 0 unspecified atom stereocenters. The molecule has 0 atom stereocenters. The lowest BCUT2D eigenvalue weighted by atomic mass is 10.2. The van der Waals surface area contributed by atoms with Crippen LogP contribution >= 0.6 is 0 Å². The van der Waals surface area contributed by atoms with Gasteiger partial charge in [0.2, 0.25) is 0 Å². The van der Waals surface area contributed by atoms with E-state index in [0.29, 0.717) is 16.9 Å². The van der Waals surface area contributed by atoms with E-state index in [4.69, 9.17) is 10.2 Å². The molecule has 0 bridgehead atoms. The Hall–Kier alpha value is -1.25. The van der Waals surface area contributed by atoms with Gasteiger partial charge in [-0.2, -0.15) is 0 Å². The fraction of sp³-hybridized carbons (Fsp3) is 0.286. The molecule has 0 fully saturated rings. The Kier molecular flexibility index (Phi) is 1.49. The summed E-state index contributed by atoms with van der Waals surface area (Å²) in [5, 5.41) is 0. The van der Waals surface area contributed by atoms with Crippen molar-refractivity contribution in [3.63, 3.8) is 0 Å². The van der Waals surface area contributed by atoms with Gasteiger partial charge in [-0.3, -0.25) is 4.79 Å². The molecule has 3 nitrogen and oxygen atoms in total. The monoisotopic (exact) mass is 138 g/mol. The van der Waals surface area contributed by atoms with Crippen molar-refractivity contribution in [2.45, 2.75) is 13.8 Å². The Morgan fingerprint density at radius 2 is 2.20 bits per heavy atom. The van der Waals surface area contributed by atoms with Gasteiger partial charge in [0, 0.05) is 5.56 Å². The molecule has 0 spiro atoms. The molecule has 2 N–H and O–H groups in total. The zero-order valence-electron chi connectivity index (χ0n) is 5.89. The summed E-state index contributed by atoms with van der Waals surface area (Å²) in [7, 11) is 0. The van der Waals surface area contributed by atoms with Gasteiger partial charge in [-0.05, 0) is 13.8 Å². The van der Waals surface area contributed by atoms with Crippen LogP contribution < -0.4 is 5.73 Å².